The highest BCUT2D eigenvalue weighted by atomic mass is 16.7. The summed E-state index contributed by atoms with van der Waals surface area (Å²) < 4.78 is 17.7. The van der Waals surface area contributed by atoms with E-state index in [2.05, 4.69) is 123 Å². The molecule has 0 aromatic rings. The van der Waals surface area contributed by atoms with Crippen molar-refractivity contribution in [3.05, 3.63) is 109 Å². The molecule has 11 nitrogen and oxygen atoms in total. The van der Waals surface area contributed by atoms with E-state index < -0.39 is 67.4 Å². The highest BCUT2D eigenvalue weighted by Gasteiger charge is 2.47. The predicted octanol–water partition coefficient (Wildman–Crippen LogP) is 19.2. The number of carbonyl (C=O) groups is 2. The van der Waals surface area contributed by atoms with Gasteiger partial charge in [0, 0.05) is 6.42 Å². The molecular formula is C78H135NO10. The second-order valence-corrected chi connectivity index (χ2v) is 24.9. The molecule has 1 rings (SSSR count). The van der Waals surface area contributed by atoms with E-state index in [1.165, 1.54) is 141 Å². The number of allylic oxidation sites excluding steroid dienone is 17. The van der Waals surface area contributed by atoms with Crippen molar-refractivity contribution < 1.29 is 49.3 Å². The van der Waals surface area contributed by atoms with Crippen LogP contribution < -0.4 is 5.32 Å². The minimum atomic E-state index is -1.62. The quantitative estimate of drug-likeness (QED) is 0.0195. The molecule has 0 aliphatic carbocycles. The number of nitrogens with one attached hydrogen (secondary N) is 1. The fourth-order valence-electron chi connectivity index (χ4n) is 10.9. The van der Waals surface area contributed by atoms with E-state index in [-0.39, 0.29) is 19.4 Å². The van der Waals surface area contributed by atoms with E-state index in [1.807, 2.05) is 6.08 Å². The molecule has 8 unspecified atom stereocenters. The van der Waals surface area contributed by atoms with Gasteiger partial charge in [-0.2, -0.15) is 0 Å². The van der Waals surface area contributed by atoms with Gasteiger partial charge in [-0.3, -0.25) is 9.59 Å². The van der Waals surface area contributed by atoms with Gasteiger partial charge in [0.1, 0.15) is 24.4 Å². The molecule has 0 bridgehead atoms. The summed E-state index contributed by atoms with van der Waals surface area (Å²) in [7, 11) is 0. The average Bonchev–Trinajstić information content (AvgIpc) is 3.72. The summed E-state index contributed by atoms with van der Waals surface area (Å²) in [4.78, 5) is 26.7. The molecule has 1 saturated heterocycles. The third kappa shape index (κ3) is 51.5. The maximum Gasteiger partial charge on any atom is 0.306 e. The molecule has 8 atom stereocenters. The Labute approximate surface area is 545 Å². The second-order valence-electron chi connectivity index (χ2n) is 24.9. The average molecular weight is 1250 g/mol. The maximum atomic E-state index is 13.5. The minimum Gasteiger partial charge on any atom is -0.454 e. The van der Waals surface area contributed by atoms with Crippen molar-refractivity contribution in [2.24, 2.45) is 0 Å². The lowest BCUT2D eigenvalue weighted by atomic mass is 9.99. The maximum absolute atomic E-state index is 13.5. The van der Waals surface area contributed by atoms with Crippen LogP contribution in [0.2, 0.25) is 0 Å². The predicted molar refractivity (Wildman–Crippen MR) is 375 cm³/mol. The van der Waals surface area contributed by atoms with Crippen LogP contribution in [0, 0.1) is 0 Å². The van der Waals surface area contributed by atoms with Crippen molar-refractivity contribution in [1.82, 2.24) is 5.32 Å². The van der Waals surface area contributed by atoms with Gasteiger partial charge in [-0.05, 0) is 109 Å². The number of hydrogen-bond acceptors (Lipinski definition) is 10. The largest absolute Gasteiger partial charge is 0.454 e. The van der Waals surface area contributed by atoms with Crippen LogP contribution in [0.5, 0.6) is 0 Å². The van der Waals surface area contributed by atoms with Gasteiger partial charge in [-0.1, -0.05) is 304 Å². The Morgan fingerprint density at radius 1 is 0.449 bits per heavy atom. The normalized spacial score (nSPS) is 18.8. The molecule has 1 amide bonds. The monoisotopic (exact) mass is 1250 g/mol. The lowest BCUT2D eigenvalue weighted by Gasteiger charge is -2.41. The molecule has 1 aliphatic heterocycles. The van der Waals surface area contributed by atoms with Gasteiger partial charge in [0.25, 0.3) is 0 Å². The Bertz CT molecular complexity index is 1870. The molecule has 89 heavy (non-hydrogen) atoms. The number of amides is 1. The van der Waals surface area contributed by atoms with E-state index >= 15 is 0 Å². The van der Waals surface area contributed by atoms with Crippen LogP contribution in [0.3, 0.4) is 0 Å². The number of esters is 1. The number of hydrogen-bond donors (Lipinski definition) is 6. The lowest BCUT2D eigenvalue weighted by molar-refractivity contribution is -0.305. The summed E-state index contributed by atoms with van der Waals surface area (Å²) in [6, 6.07) is -1.04. The van der Waals surface area contributed by atoms with Crippen molar-refractivity contribution >= 4 is 11.9 Å². The molecule has 1 heterocycles. The summed E-state index contributed by atoms with van der Waals surface area (Å²) >= 11 is 0. The van der Waals surface area contributed by atoms with Crippen LogP contribution in [0.15, 0.2) is 109 Å². The molecule has 0 aromatic carbocycles. The van der Waals surface area contributed by atoms with Gasteiger partial charge in [0.2, 0.25) is 5.91 Å². The Morgan fingerprint density at radius 2 is 0.809 bits per heavy atom. The molecule has 0 radical (unpaired) electrons. The zero-order valence-corrected chi connectivity index (χ0v) is 57.0. The van der Waals surface area contributed by atoms with Crippen LogP contribution in [0.4, 0.5) is 0 Å². The summed E-state index contributed by atoms with van der Waals surface area (Å²) in [5.74, 6) is -1.21. The summed E-state index contributed by atoms with van der Waals surface area (Å²) in [6.07, 6.45) is 78.4. The van der Waals surface area contributed by atoms with Crippen LogP contribution in [0.1, 0.15) is 310 Å². The Balaban J connectivity index is 2.55. The summed E-state index contributed by atoms with van der Waals surface area (Å²) in [6.45, 7) is 5.66. The first-order valence-electron chi connectivity index (χ1n) is 36.7. The SMILES string of the molecule is CC/C=C\C/C=C\C/C=C\C/C=C\C/C=C\C/C=C\CCCCCCCC(O)C(=O)NC(COC1OC(CO)C(O)C(O)C1OC(=O)CCCCCCCCCCCCCCCCC/C=C\C/C=C\CCCCC)C(O)/C=C/CCCCCCCCCCC. The zero-order chi connectivity index (χ0) is 64.6. The molecule has 6 N–H and O–H groups in total. The van der Waals surface area contributed by atoms with Crippen LogP contribution in [0.25, 0.3) is 0 Å². The Morgan fingerprint density at radius 3 is 1.24 bits per heavy atom. The van der Waals surface area contributed by atoms with Gasteiger partial charge in [-0.25, -0.2) is 0 Å². The van der Waals surface area contributed by atoms with Gasteiger partial charge >= 0.3 is 5.97 Å². The summed E-state index contributed by atoms with van der Waals surface area (Å²) in [5, 5.41) is 57.3. The molecule has 11 heteroatoms. The third-order valence-electron chi connectivity index (χ3n) is 16.7. The molecule has 0 aromatic heterocycles. The van der Waals surface area contributed by atoms with Crippen molar-refractivity contribution in [2.75, 3.05) is 13.2 Å². The first kappa shape index (κ1) is 83.3. The Kier molecular flexibility index (Phi) is 60.3. The first-order valence-corrected chi connectivity index (χ1v) is 36.7. The van der Waals surface area contributed by atoms with Crippen LogP contribution in [-0.4, -0.2) is 99.6 Å². The molecule has 1 aliphatic rings. The van der Waals surface area contributed by atoms with E-state index in [1.54, 1.807) is 6.08 Å². The molecular weight excluding hydrogens is 1110 g/mol. The number of ether oxygens (including phenoxy) is 3. The fourth-order valence-corrected chi connectivity index (χ4v) is 10.9. The topological polar surface area (TPSA) is 175 Å². The molecule has 512 valence electrons. The Hall–Kier alpha value is -3.68. The van der Waals surface area contributed by atoms with E-state index in [0.717, 1.165) is 122 Å². The lowest BCUT2D eigenvalue weighted by Crippen LogP contribution is -2.61. The van der Waals surface area contributed by atoms with Crippen molar-refractivity contribution in [3.8, 4) is 0 Å². The number of rotatable bonds is 62. The van der Waals surface area contributed by atoms with Gasteiger partial charge in [0.05, 0.1) is 25.4 Å². The third-order valence-corrected chi connectivity index (χ3v) is 16.7. The highest BCUT2D eigenvalue weighted by Crippen LogP contribution is 2.26. The van der Waals surface area contributed by atoms with Crippen molar-refractivity contribution in [2.45, 2.75) is 359 Å². The van der Waals surface area contributed by atoms with Gasteiger partial charge in [-0.15, -0.1) is 0 Å². The first-order chi connectivity index (χ1) is 43.7. The number of unbranched alkanes of at least 4 members (excludes halogenated alkanes) is 32. The second kappa shape index (κ2) is 64.4. The van der Waals surface area contributed by atoms with Crippen LogP contribution in [-0.2, 0) is 23.8 Å². The van der Waals surface area contributed by atoms with Gasteiger partial charge < -0.3 is 45.1 Å². The highest BCUT2D eigenvalue weighted by molar-refractivity contribution is 5.80. The standard InChI is InChI=1S/C78H135NO10/c1-4-7-10-13-16-19-22-24-26-28-30-32-34-36-38-40-42-44-46-48-51-54-57-60-63-66-73(83)89-76-75(85)74(84)72(67-80)88-78(76)87-68-69(70(81)64-61-58-55-52-49-21-18-15-12-9-6-3)79-77(86)71(82)65-62-59-56-53-50-47-45-43-41-39-37-35-33-31-29-27-25-23-20-17-14-11-8-5-2/h8,11,16-17,19-20,24-27,31,33,37,39,43,45,61,64,69-72,74-76,78,80-82,84-85H,4-7,9-10,12-15,18,21-23,28-30,32,34-36,38,40-42,44,46-60,62-63,65-68H2,1-3H3,(H,79,86)/b11-8-,19-16-,20-17-,26-24-,27-25-,33-31-,39-37-,45-43-,64-61+. The molecule has 1 fully saturated rings. The molecule has 0 saturated carbocycles. The van der Waals surface area contributed by atoms with E-state index in [9.17, 15) is 35.1 Å². The minimum absolute atomic E-state index is 0.118. The number of carbonyl (C=O) groups excluding carboxylic acids is 2. The summed E-state index contributed by atoms with van der Waals surface area (Å²) in [5.41, 5.74) is 0. The van der Waals surface area contributed by atoms with Crippen molar-refractivity contribution in [3.63, 3.8) is 0 Å². The van der Waals surface area contributed by atoms with E-state index in [0.29, 0.717) is 12.8 Å². The smallest absolute Gasteiger partial charge is 0.306 e. The van der Waals surface area contributed by atoms with Gasteiger partial charge in [0.15, 0.2) is 12.4 Å². The van der Waals surface area contributed by atoms with Crippen LogP contribution >= 0.6 is 0 Å². The van der Waals surface area contributed by atoms with E-state index in [4.69, 9.17) is 14.2 Å². The molecule has 0 spiro atoms. The van der Waals surface area contributed by atoms with Crippen molar-refractivity contribution in [1.29, 1.82) is 0 Å². The zero-order valence-electron chi connectivity index (χ0n) is 57.0. The number of aliphatic hydroxyl groups excluding tert-OH is 5. The fraction of sp³-hybridized carbons (Fsp3) is 0.744. The number of aliphatic hydroxyl groups is 5.